The van der Waals surface area contributed by atoms with Gasteiger partial charge in [0.15, 0.2) is 0 Å². The Hall–Kier alpha value is -1.10. The first kappa shape index (κ1) is 15.3. The number of anilines is 1. The molecule has 0 saturated heterocycles. The molecule has 0 amide bonds. The van der Waals surface area contributed by atoms with Crippen LogP contribution in [-0.2, 0) is 0 Å². The molecular formula is C14H14Cl2N2OS. The Balaban J connectivity index is 2.35. The van der Waals surface area contributed by atoms with Crippen molar-refractivity contribution in [3.8, 4) is 11.6 Å². The number of benzene rings is 1. The Morgan fingerprint density at radius 1 is 1.25 bits per heavy atom. The molecule has 0 saturated carbocycles. The van der Waals surface area contributed by atoms with Gasteiger partial charge in [0, 0.05) is 11.4 Å². The monoisotopic (exact) mass is 328 g/mol. The predicted molar refractivity (Wildman–Crippen MR) is 86.7 cm³/mol. The van der Waals surface area contributed by atoms with Crippen molar-refractivity contribution in [2.45, 2.75) is 11.8 Å². The summed E-state index contributed by atoms with van der Waals surface area (Å²) in [4.78, 5) is 5.34. The van der Waals surface area contributed by atoms with Gasteiger partial charge in [-0.3, -0.25) is 0 Å². The Bertz CT molecular complexity index is 608. The maximum atomic E-state index is 6.14. The molecule has 2 aromatic rings. The third-order valence-corrected chi connectivity index (χ3v) is 3.85. The van der Waals surface area contributed by atoms with Crippen LogP contribution < -0.4 is 10.1 Å². The fraction of sp³-hybridized carbons (Fsp3) is 0.214. The number of hydrogen-bond acceptors (Lipinski definition) is 4. The maximum absolute atomic E-state index is 6.14. The first-order valence-electron chi connectivity index (χ1n) is 6.06. The van der Waals surface area contributed by atoms with E-state index in [2.05, 4.69) is 10.3 Å². The summed E-state index contributed by atoms with van der Waals surface area (Å²) in [6.45, 7) is 2.69. The number of nitrogens with one attached hydrogen (secondary N) is 1. The fourth-order valence-electron chi connectivity index (χ4n) is 1.62. The molecule has 6 heteroatoms. The van der Waals surface area contributed by atoms with Crippen molar-refractivity contribution in [1.82, 2.24) is 4.98 Å². The zero-order valence-corrected chi connectivity index (χ0v) is 13.4. The van der Waals surface area contributed by atoms with Crippen LogP contribution in [0.1, 0.15) is 6.92 Å². The summed E-state index contributed by atoms with van der Waals surface area (Å²) in [6, 6.07) is 9.36. The van der Waals surface area contributed by atoms with E-state index >= 15 is 0 Å². The van der Waals surface area contributed by atoms with Gasteiger partial charge in [-0.25, -0.2) is 0 Å². The highest BCUT2D eigenvalue weighted by Crippen LogP contribution is 2.36. The van der Waals surface area contributed by atoms with Crippen molar-refractivity contribution in [2.75, 3.05) is 18.1 Å². The van der Waals surface area contributed by atoms with Gasteiger partial charge < -0.3 is 10.1 Å². The van der Waals surface area contributed by atoms with E-state index in [-0.39, 0.29) is 0 Å². The van der Waals surface area contributed by atoms with E-state index in [1.165, 1.54) is 0 Å². The lowest BCUT2D eigenvalue weighted by molar-refractivity contribution is 0.453. The molecule has 106 valence electrons. The van der Waals surface area contributed by atoms with Crippen molar-refractivity contribution in [3.05, 3.63) is 40.4 Å². The van der Waals surface area contributed by atoms with E-state index < -0.39 is 0 Å². The summed E-state index contributed by atoms with van der Waals surface area (Å²) in [6.07, 6.45) is 1.99. The Morgan fingerprint density at radius 2 is 2.00 bits per heavy atom. The molecule has 2 rings (SSSR count). The van der Waals surface area contributed by atoms with E-state index in [0.717, 1.165) is 17.2 Å². The lowest BCUT2D eigenvalue weighted by atomic mass is 10.3. The molecule has 0 fully saturated rings. The number of hydrogen-bond donors (Lipinski definition) is 1. The fourth-order valence-corrected chi connectivity index (χ4v) is 2.61. The summed E-state index contributed by atoms with van der Waals surface area (Å²) < 4.78 is 5.81. The first-order chi connectivity index (χ1) is 9.65. The standard InChI is InChI=1S/C14H14Cl2N2OS/c1-3-17-13-9(15)8-10(16)14(18-13)19-11-6-4-5-7-12(11)20-2/h4-8H,3H2,1-2H3,(H,17,18). The molecule has 1 aromatic heterocycles. The Kier molecular flexibility index (Phi) is 5.40. The summed E-state index contributed by atoms with van der Waals surface area (Å²) >= 11 is 13.8. The van der Waals surface area contributed by atoms with Crippen molar-refractivity contribution in [1.29, 1.82) is 0 Å². The number of ether oxygens (including phenoxy) is 1. The van der Waals surface area contributed by atoms with Crippen LogP contribution in [0.15, 0.2) is 35.2 Å². The van der Waals surface area contributed by atoms with E-state index in [9.17, 15) is 0 Å². The average molecular weight is 329 g/mol. The predicted octanol–water partition coefficient (Wildman–Crippen LogP) is 5.33. The zero-order chi connectivity index (χ0) is 14.5. The molecule has 1 N–H and O–H groups in total. The van der Waals surface area contributed by atoms with Crippen molar-refractivity contribution < 1.29 is 4.74 Å². The van der Waals surface area contributed by atoms with Gasteiger partial charge in [-0.15, -0.1) is 11.8 Å². The summed E-state index contributed by atoms with van der Waals surface area (Å²) in [5.41, 5.74) is 0. The molecule has 0 spiro atoms. The van der Waals surface area contributed by atoms with E-state index in [1.807, 2.05) is 37.4 Å². The molecule has 1 aromatic carbocycles. The molecule has 20 heavy (non-hydrogen) atoms. The average Bonchev–Trinajstić information content (AvgIpc) is 2.45. The molecule has 0 aliphatic heterocycles. The third-order valence-electron chi connectivity index (χ3n) is 2.52. The van der Waals surface area contributed by atoms with E-state index in [1.54, 1.807) is 17.8 Å². The largest absolute Gasteiger partial charge is 0.436 e. The first-order valence-corrected chi connectivity index (χ1v) is 8.04. The van der Waals surface area contributed by atoms with Gasteiger partial charge in [-0.1, -0.05) is 35.3 Å². The van der Waals surface area contributed by atoms with Gasteiger partial charge in [0.1, 0.15) is 16.6 Å². The highest BCUT2D eigenvalue weighted by molar-refractivity contribution is 7.98. The van der Waals surface area contributed by atoms with Crippen LogP contribution in [0.4, 0.5) is 5.82 Å². The number of thioether (sulfide) groups is 1. The number of pyridine rings is 1. The van der Waals surface area contributed by atoms with Gasteiger partial charge in [-0.2, -0.15) is 4.98 Å². The van der Waals surface area contributed by atoms with Crippen LogP contribution >= 0.6 is 35.0 Å². The normalized spacial score (nSPS) is 10.4. The minimum atomic E-state index is 0.341. The van der Waals surface area contributed by atoms with Crippen molar-refractivity contribution >= 4 is 40.8 Å². The molecule has 0 radical (unpaired) electrons. The Morgan fingerprint density at radius 3 is 2.70 bits per heavy atom. The van der Waals surface area contributed by atoms with Gasteiger partial charge in [-0.05, 0) is 31.4 Å². The second-order valence-electron chi connectivity index (χ2n) is 3.89. The summed E-state index contributed by atoms with van der Waals surface area (Å²) in [7, 11) is 0. The quantitative estimate of drug-likeness (QED) is 0.751. The van der Waals surface area contributed by atoms with E-state index in [4.69, 9.17) is 27.9 Å². The van der Waals surface area contributed by atoms with Crippen LogP contribution in [0.5, 0.6) is 11.6 Å². The number of aromatic nitrogens is 1. The highest BCUT2D eigenvalue weighted by atomic mass is 35.5. The number of rotatable bonds is 5. The lowest BCUT2D eigenvalue weighted by Gasteiger charge is -2.12. The van der Waals surface area contributed by atoms with Gasteiger partial charge in [0.25, 0.3) is 0 Å². The maximum Gasteiger partial charge on any atom is 0.240 e. The van der Waals surface area contributed by atoms with Crippen LogP contribution in [0.25, 0.3) is 0 Å². The molecule has 0 aliphatic carbocycles. The Labute approximate surface area is 132 Å². The van der Waals surface area contributed by atoms with Gasteiger partial charge >= 0.3 is 0 Å². The second-order valence-corrected chi connectivity index (χ2v) is 5.55. The number of para-hydroxylation sites is 1. The van der Waals surface area contributed by atoms with Crippen LogP contribution in [-0.4, -0.2) is 17.8 Å². The van der Waals surface area contributed by atoms with Crippen LogP contribution in [0.3, 0.4) is 0 Å². The van der Waals surface area contributed by atoms with Gasteiger partial charge in [0.2, 0.25) is 5.88 Å². The molecule has 0 bridgehead atoms. The molecule has 0 atom stereocenters. The lowest BCUT2D eigenvalue weighted by Crippen LogP contribution is -2.01. The SMILES string of the molecule is CCNc1nc(Oc2ccccc2SC)c(Cl)cc1Cl. The number of halogens is 2. The molecule has 1 heterocycles. The molecule has 3 nitrogen and oxygen atoms in total. The van der Waals surface area contributed by atoms with Crippen LogP contribution in [0.2, 0.25) is 10.0 Å². The topological polar surface area (TPSA) is 34.2 Å². The van der Waals surface area contributed by atoms with E-state index in [0.29, 0.717) is 21.7 Å². The summed E-state index contributed by atoms with van der Waals surface area (Å²) in [5.74, 6) is 1.63. The molecule has 0 unspecified atom stereocenters. The minimum Gasteiger partial charge on any atom is -0.436 e. The van der Waals surface area contributed by atoms with Gasteiger partial charge in [0.05, 0.1) is 5.02 Å². The molecular weight excluding hydrogens is 315 g/mol. The summed E-state index contributed by atoms with van der Waals surface area (Å²) in [5, 5.41) is 3.93. The smallest absolute Gasteiger partial charge is 0.240 e. The highest BCUT2D eigenvalue weighted by Gasteiger charge is 2.12. The number of nitrogens with zero attached hydrogens (tertiary/aromatic N) is 1. The van der Waals surface area contributed by atoms with Crippen molar-refractivity contribution in [3.63, 3.8) is 0 Å². The zero-order valence-electron chi connectivity index (χ0n) is 11.1. The third kappa shape index (κ3) is 3.51. The second kappa shape index (κ2) is 7.07. The van der Waals surface area contributed by atoms with Crippen molar-refractivity contribution in [2.24, 2.45) is 0 Å². The molecule has 0 aliphatic rings. The minimum absolute atomic E-state index is 0.341. The van der Waals surface area contributed by atoms with Crippen LogP contribution in [0, 0.1) is 0 Å².